The summed E-state index contributed by atoms with van der Waals surface area (Å²) >= 11 is 7.51. The molecule has 4 aromatic rings. The van der Waals surface area contributed by atoms with Gasteiger partial charge < -0.3 is 0 Å². The molecule has 5 rings (SSSR count). The maximum Gasteiger partial charge on any atom is 0.287 e. The van der Waals surface area contributed by atoms with Crippen molar-refractivity contribution in [2.75, 3.05) is 13.1 Å². The van der Waals surface area contributed by atoms with E-state index in [9.17, 15) is 8.42 Å². The van der Waals surface area contributed by atoms with Crippen LogP contribution in [0.15, 0.2) is 47.1 Å². The monoisotopic (exact) mass is 406 g/mol. The van der Waals surface area contributed by atoms with Crippen LogP contribution in [0.25, 0.3) is 15.9 Å². The van der Waals surface area contributed by atoms with Gasteiger partial charge in [-0.1, -0.05) is 23.7 Å². The molecular formula is C17H15ClN4O2S2. The number of likely N-dealkylation sites (tertiary alicyclic amines) is 1. The van der Waals surface area contributed by atoms with Crippen LogP contribution in [0.4, 0.5) is 0 Å². The maximum atomic E-state index is 13.3. The summed E-state index contributed by atoms with van der Waals surface area (Å²) < 4.78 is 29.5. The van der Waals surface area contributed by atoms with Crippen LogP contribution in [0.1, 0.15) is 12.0 Å². The van der Waals surface area contributed by atoms with E-state index in [0.29, 0.717) is 10.5 Å². The number of aromatic nitrogens is 3. The quantitative estimate of drug-likeness (QED) is 0.521. The number of hydrogen-bond donors (Lipinski definition) is 0. The molecule has 1 saturated heterocycles. The van der Waals surface area contributed by atoms with E-state index in [-0.39, 0.29) is 10.2 Å². The molecule has 4 heterocycles. The van der Waals surface area contributed by atoms with Crippen molar-refractivity contribution in [3.05, 3.63) is 52.8 Å². The predicted octanol–water partition coefficient (Wildman–Crippen LogP) is 3.45. The van der Waals surface area contributed by atoms with Crippen LogP contribution in [0, 0.1) is 0 Å². The Bertz CT molecular complexity index is 1230. The Labute approximate surface area is 159 Å². The standard InChI is InChI=1S/C17H15ClN4O2S2/c18-15-16(21-9-10-25-17(21)19-15)26(23,24)22-8-5-13-12(3-1-4-14(13)22)11-20-6-2-7-20/h1,3-5,8-10H,2,6-7,11H2. The summed E-state index contributed by atoms with van der Waals surface area (Å²) in [7, 11) is -3.86. The second-order valence-electron chi connectivity index (χ2n) is 6.36. The molecule has 0 unspecified atom stereocenters. The van der Waals surface area contributed by atoms with Gasteiger partial charge >= 0.3 is 0 Å². The molecule has 1 aliphatic heterocycles. The highest BCUT2D eigenvalue weighted by molar-refractivity contribution is 7.90. The lowest BCUT2D eigenvalue weighted by molar-refractivity contribution is 0.173. The van der Waals surface area contributed by atoms with E-state index >= 15 is 0 Å². The minimum Gasteiger partial charge on any atom is -0.299 e. The van der Waals surface area contributed by atoms with Crippen LogP contribution in [-0.2, 0) is 16.6 Å². The van der Waals surface area contributed by atoms with Crippen LogP contribution in [0.3, 0.4) is 0 Å². The first-order valence-electron chi connectivity index (χ1n) is 8.23. The normalized spacial score (nSPS) is 15.7. The zero-order valence-electron chi connectivity index (χ0n) is 13.7. The molecule has 1 fully saturated rings. The van der Waals surface area contributed by atoms with Gasteiger partial charge in [0.05, 0.1) is 5.52 Å². The number of nitrogens with zero attached hydrogens (tertiary/aromatic N) is 4. The summed E-state index contributed by atoms with van der Waals surface area (Å²) in [5.41, 5.74) is 1.79. The van der Waals surface area contributed by atoms with Gasteiger partial charge in [0.2, 0.25) is 5.03 Å². The molecule has 9 heteroatoms. The van der Waals surface area contributed by atoms with E-state index in [0.717, 1.165) is 30.6 Å². The Balaban J connectivity index is 1.67. The molecule has 3 aromatic heterocycles. The minimum absolute atomic E-state index is 0.000984. The summed E-state index contributed by atoms with van der Waals surface area (Å²) in [6.45, 7) is 3.03. The lowest BCUT2D eigenvalue weighted by atomic mass is 10.1. The Hall–Kier alpha value is -1.87. The highest BCUT2D eigenvalue weighted by Crippen LogP contribution is 2.31. The van der Waals surface area contributed by atoms with Gasteiger partial charge in [-0.3, -0.25) is 9.30 Å². The largest absolute Gasteiger partial charge is 0.299 e. The van der Waals surface area contributed by atoms with Gasteiger partial charge in [0.25, 0.3) is 10.0 Å². The van der Waals surface area contributed by atoms with Crippen molar-refractivity contribution in [2.24, 2.45) is 0 Å². The van der Waals surface area contributed by atoms with Crippen molar-refractivity contribution in [3.63, 3.8) is 0 Å². The molecule has 0 radical (unpaired) electrons. The SMILES string of the molecule is O=S(=O)(c1c(Cl)nc2sccn12)n1ccc2c(CN3CCC3)cccc21. The average Bonchev–Trinajstić information content (AvgIpc) is 3.24. The molecule has 26 heavy (non-hydrogen) atoms. The number of hydrogen-bond acceptors (Lipinski definition) is 5. The third-order valence-corrected chi connectivity index (χ3v) is 7.66. The van der Waals surface area contributed by atoms with Gasteiger partial charge in [-0.25, -0.2) is 8.96 Å². The van der Waals surface area contributed by atoms with Crippen molar-refractivity contribution < 1.29 is 8.42 Å². The summed E-state index contributed by atoms with van der Waals surface area (Å²) in [5, 5.41) is 2.73. The van der Waals surface area contributed by atoms with Crippen molar-refractivity contribution >= 4 is 48.8 Å². The van der Waals surface area contributed by atoms with E-state index in [1.165, 1.54) is 26.1 Å². The highest BCUT2D eigenvalue weighted by Gasteiger charge is 2.28. The molecule has 1 aromatic carbocycles. The molecule has 134 valence electrons. The average molecular weight is 407 g/mol. The topological polar surface area (TPSA) is 59.6 Å². The van der Waals surface area contributed by atoms with Crippen LogP contribution in [-0.4, -0.2) is 39.8 Å². The van der Waals surface area contributed by atoms with E-state index in [1.807, 2.05) is 18.2 Å². The second kappa shape index (κ2) is 5.82. The van der Waals surface area contributed by atoms with Gasteiger partial charge in [0, 0.05) is 29.7 Å². The van der Waals surface area contributed by atoms with Gasteiger partial charge in [-0.05, 0) is 37.2 Å². The minimum atomic E-state index is -3.86. The van der Waals surface area contributed by atoms with Crippen LogP contribution in [0.2, 0.25) is 5.15 Å². The Kier molecular flexibility index (Phi) is 3.65. The van der Waals surface area contributed by atoms with E-state index in [4.69, 9.17) is 11.6 Å². The van der Waals surface area contributed by atoms with Gasteiger partial charge in [-0.2, -0.15) is 8.42 Å². The lowest BCUT2D eigenvalue weighted by Crippen LogP contribution is -2.36. The van der Waals surface area contributed by atoms with E-state index in [2.05, 4.69) is 16.0 Å². The fraction of sp³-hybridized carbons (Fsp3) is 0.235. The van der Waals surface area contributed by atoms with E-state index < -0.39 is 10.0 Å². The summed E-state index contributed by atoms with van der Waals surface area (Å²) in [6.07, 6.45) is 4.50. The molecule has 0 saturated carbocycles. The fourth-order valence-electron chi connectivity index (χ4n) is 3.40. The van der Waals surface area contributed by atoms with Gasteiger partial charge in [-0.15, -0.1) is 11.3 Å². The van der Waals surface area contributed by atoms with Gasteiger partial charge in [0.1, 0.15) is 0 Å². The van der Waals surface area contributed by atoms with Crippen LogP contribution >= 0.6 is 22.9 Å². The van der Waals surface area contributed by atoms with Crippen LogP contribution < -0.4 is 0 Å². The molecule has 0 aliphatic carbocycles. The highest BCUT2D eigenvalue weighted by atomic mass is 35.5. The number of fused-ring (bicyclic) bond motifs is 2. The van der Waals surface area contributed by atoms with Crippen molar-refractivity contribution in [1.29, 1.82) is 0 Å². The molecule has 6 nitrogen and oxygen atoms in total. The Morgan fingerprint density at radius 2 is 2.04 bits per heavy atom. The molecule has 0 atom stereocenters. The molecular weight excluding hydrogens is 392 g/mol. The zero-order chi connectivity index (χ0) is 17.9. The third kappa shape index (κ3) is 2.33. The van der Waals surface area contributed by atoms with Crippen molar-refractivity contribution in [3.8, 4) is 0 Å². The van der Waals surface area contributed by atoms with Gasteiger partial charge in [0.15, 0.2) is 10.1 Å². The predicted molar refractivity (Wildman–Crippen MR) is 102 cm³/mol. The molecule has 0 bridgehead atoms. The first kappa shape index (κ1) is 16.3. The molecule has 0 amide bonds. The first-order valence-corrected chi connectivity index (χ1v) is 10.9. The number of thiazole rings is 1. The number of imidazole rings is 1. The zero-order valence-corrected chi connectivity index (χ0v) is 16.1. The molecule has 0 spiro atoms. The smallest absolute Gasteiger partial charge is 0.287 e. The number of benzene rings is 1. The summed E-state index contributed by atoms with van der Waals surface area (Å²) in [5.74, 6) is 0. The second-order valence-corrected chi connectivity index (χ2v) is 9.32. The Morgan fingerprint density at radius 3 is 2.81 bits per heavy atom. The van der Waals surface area contributed by atoms with E-state index in [1.54, 1.807) is 17.8 Å². The lowest BCUT2D eigenvalue weighted by Gasteiger charge is -2.30. The maximum absolute atomic E-state index is 13.3. The van der Waals surface area contributed by atoms with Crippen LogP contribution in [0.5, 0.6) is 0 Å². The fourth-order valence-corrected chi connectivity index (χ4v) is 6.16. The molecule has 0 N–H and O–H groups in total. The Morgan fingerprint density at radius 1 is 1.19 bits per heavy atom. The van der Waals surface area contributed by atoms with Crippen molar-refractivity contribution in [1.82, 2.24) is 18.3 Å². The first-order chi connectivity index (χ1) is 12.6. The number of rotatable bonds is 4. The van der Waals surface area contributed by atoms with Crippen molar-refractivity contribution in [2.45, 2.75) is 18.0 Å². The summed E-state index contributed by atoms with van der Waals surface area (Å²) in [6, 6.07) is 7.65. The molecule has 1 aliphatic rings. The third-order valence-electron chi connectivity index (χ3n) is 4.81. The number of halogens is 1. The summed E-state index contributed by atoms with van der Waals surface area (Å²) in [4.78, 5) is 7.06.